The van der Waals surface area contributed by atoms with E-state index >= 15 is 0 Å². The Morgan fingerprint density at radius 2 is 1.31 bits per heavy atom. The Bertz CT molecular complexity index is 2060. The van der Waals surface area contributed by atoms with Gasteiger partial charge < -0.3 is 4.43 Å². The van der Waals surface area contributed by atoms with E-state index in [9.17, 15) is 16.8 Å². The van der Waals surface area contributed by atoms with Crippen molar-refractivity contribution in [3.8, 4) is 0 Å². The third-order valence-corrected chi connectivity index (χ3v) is 20.3. The largest absolute Gasteiger partial charge is 0.415 e. The van der Waals surface area contributed by atoms with Crippen molar-refractivity contribution in [2.24, 2.45) is 5.92 Å². The van der Waals surface area contributed by atoms with Crippen molar-refractivity contribution >= 4 is 44.8 Å². The van der Waals surface area contributed by atoms with E-state index in [0.29, 0.717) is 35.2 Å². The molecule has 0 saturated carbocycles. The summed E-state index contributed by atoms with van der Waals surface area (Å²) in [4.78, 5) is 0.472. The van der Waals surface area contributed by atoms with Crippen LogP contribution in [-0.4, -0.2) is 52.6 Å². The van der Waals surface area contributed by atoms with Gasteiger partial charge >= 0.3 is 0 Å². The van der Waals surface area contributed by atoms with Crippen LogP contribution in [0.4, 0.5) is 0 Å². The fourth-order valence-electron chi connectivity index (χ4n) is 8.34. The topological polar surface area (TPSA) is 85.7 Å². The molecule has 2 aliphatic rings. The highest BCUT2D eigenvalue weighted by atomic mass is 32.2. The maximum atomic E-state index is 14.5. The number of nitrogens with zero attached hydrogens (tertiary/aromatic N) is 2. The SMILES string of the molecule is Cc1ccc(S(=O)(=O)N2C[C@@H](CO[Si](C(C)C)(C(C)C)C(C)C)C=C3c4cccc5c4c(cn5S(=O)(=O)c4ccc(C)cc4)C[C@H]32)cc1. The van der Waals surface area contributed by atoms with Crippen LogP contribution in [0.5, 0.6) is 0 Å². The molecule has 6 rings (SSSR count). The van der Waals surface area contributed by atoms with E-state index < -0.39 is 34.4 Å². The lowest BCUT2D eigenvalue weighted by Crippen LogP contribution is -2.51. The molecule has 0 amide bonds. The summed E-state index contributed by atoms with van der Waals surface area (Å²) in [5, 5.41) is 0.861. The second-order valence-electron chi connectivity index (χ2n) is 14.6. The maximum Gasteiger partial charge on any atom is 0.268 e. The maximum absolute atomic E-state index is 14.5. The molecule has 2 heterocycles. The van der Waals surface area contributed by atoms with Crippen molar-refractivity contribution in [2.45, 2.75) is 94.3 Å². The van der Waals surface area contributed by atoms with Gasteiger partial charge in [-0.1, -0.05) is 95.1 Å². The Morgan fingerprint density at radius 3 is 1.85 bits per heavy atom. The van der Waals surface area contributed by atoms with E-state index in [0.717, 1.165) is 33.2 Å². The van der Waals surface area contributed by atoms with E-state index in [1.807, 2.05) is 44.2 Å². The van der Waals surface area contributed by atoms with Gasteiger partial charge in [0.05, 0.1) is 21.3 Å². The van der Waals surface area contributed by atoms with Crippen LogP contribution in [0.2, 0.25) is 16.6 Å². The van der Waals surface area contributed by atoms with Gasteiger partial charge in [-0.2, -0.15) is 4.31 Å². The molecule has 1 aromatic heterocycles. The number of fused-ring (bicyclic) bond motifs is 2. The van der Waals surface area contributed by atoms with Crippen LogP contribution in [0.25, 0.3) is 16.5 Å². The van der Waals surface area contributed by atoms with Crippen LogP contribution < -0.4 is 0 Å². The number of hydrogen-bond acceptors (Lipinski definition) is 5. The Hall–Kier alpha value is -3.02. The van der Waals surface area contributed by atoms with Crippen molar-refractivity contribution in [1.29, 1.82) is 0 Å². The molecule has 7 nitrogen and oxygen atoms in total. The van der Waals surface area contributed by atoms with Crippen LogP contribution >= 0.6 is 0 Å². The highest BCUT2D eigenvalue weighted by Crippen LogP contribution is 2.46. The predicted octanol–water partition coefficient (Wildman–Crippen LogP) is 8.32. The zero-order valence-electron chi connectivity index (χ0n) is 29.3. The number of benzene rings is 3. The van der Waals surface area contributed by atoms with Gasteiger partial charge in [-0.25, -0.2) is 20.8 Å². The molecular formula is C38H48N2O5S2Si. The molecule has 1 aliphatic carbocycles. The van der Waals surface area contributed by atoms with Crippen molar-refractivity contribution in [3.63, 3.8) is 0 Å². The molecule has 0 fully saturated rings. The molecule has 256 valence electrons. The van der Waals surface area contributed by atoms with E-state index in [2.05, 4.69) is 47.6 Å². The monoisotopic (exact) mass is 704 g/mol. The Kier molecular flexibility index (Phi) is 9.21. The zero-order valence-corrected chi connectivity index (χ0v) is 31.9. The Morgan fingerprint density at radius 1 is 0.771 bits per heavy atom. The minimum Gasteiger partial charge on any atom is -0.415 e. The number of aryl methyl sites for hydroxylation is 2. The average Bonchev–Trinajstić information content (AvgIpc) is 3.41. The second kappa shape index (κ2) is 12.7. The quantitative estimate of drug-likeness (QED) is 0.155. The van der Waals surface area contributed by atoms with Crippen molar-refractivity contribution in [1.82, 2.24) is 8.28 Å². The van der Waals surface area contributed by atoms with Crippen LogP contribution in [0.3, 0.4) is 0 Å². The van der Waals surface area contributed by atoms with Gasteiger partial charge in [0.15, 0.2) is 8.32 Å². The first-order valence-electron chi connectivity index (χ1n) is 17.0. The summed E-state index contributed by atoms with van der Waals surface area (Å²) in [7, 11) is -10.0. The second-order valence-corrected chi connectivity index (χ2v) is 23.8. The smallest absolute Gasteiger partial charge is 0.268 e. The predicted molar refractivity (Wildman–Crippen MR) is 197 cm³/mol. The molecule has 1 aliphatic heterocycles. The number of rotatable bonds is 10. The third-order valence-electron chi connectivity index (χ3n) is 10.6. The molecular weight excluding hydrogens is 657 g/mol. The lowest BCUT2D eigenvalue weighted by atomic mass is 9.81. The first-order chi connectivity index (χ1) is 22.6. The van der Waals surface area contributed by atoms with Crippen LogP contribution in [0, 0.1) is 19.8 Å². The fraction of sp³-hybridized carbons (Fsp3) is 0.421. The highest BCUT2D eigenvalue weighted by Gasteiger charge is 2.47. The summed E-state index contributed by atoms with van der Waals surface area (Å²) in [6.45, 7) is 18.1. The fourth-order valence-corrected chi connectivity index (χ4v) is 16.9. The summed E-state index contributed by atoms with van der Waals surface area (Å²) >= 11 is 0. The van der Waals surface area contributed by atoms with Crippen molar-refractivity contribution in [2.75, 3.05) is 13.2 Å². The van der Waals surface area contributed by atoms with Crippen molar-refractivity contribution < 1.29 is 21.3 Å². The van der Waals surface area contributed by atoms with Crippen LogP contribution in [0.15, 0.2) is 88.8 Å². The molecule has 0 radical (unpaired) electrons. The van der Waals surface area contributed by atoms with Crippen molar-refractivity contribution in [3.05, 3.63) is 101 Å². The molecule has 48 heavy (non-hydrogen) atoms. The number of hydrogen-bond donors (Lipinski definition) is 0. The van der Waals surface area contributed by atoms with Gasteiger partial charge in [-0.3, -0.25) is 0 Å². The summed E-state index contributed by atoms with van der Waals surface area (Å²) in [5.74, 6) is -0.171. The first-order valence-corrected chi connectivity index (χ1v) is 22.0. The van der Waals surface area contributed by atoms with E-state index in [1.54, 1.807) is 46.9 Å². The third kappa shape index (κ3) is 5.73. The number of sulfonamides is 1. The van der Waals surface area contributed by atoms with Gasteiger partial charge in [0.25, 0.3) is 10.0 Å². The van der Waals surface area contributed by atoms with Crippen LogP contribution in [-0.2, 0) is 30.9 Å². The minimum absolute atomic E-state index is 0.171. The molecule has 0 N–H and O–H groups in total. The zero-order chi connectivity index (χ0) is 34.8. The van der Waals surface area contributed by atoms with Gasteiger partial charge in [0.1, 0.15) is 0 Å². The molecule has 2 atom stereocenters. The molecule has 0 saturated heterocycles. The van der Waals surface area contributed by atoms with E-state index in [4.69, 9.17) is 4.43 Å². The van der Waals surface area contributed by atoms with Gasteiger partial charge in [0.2, 0.25) is 10.0 Å². The van der Waals surface area contributed by atoms with Gasteiger partial charge in [-0.05, 0) is 83.9 Å². The normalized spacial score (nSPS) is 18.9. The van der Waals surface area contributed by atoms with E-state index in [1.165, 1.54) is 3.97 Å². The Balaban J connectivity index is 1.49. The molecule has 3 aromatic carbocycles. The Labute approximate surface area is 287 Å². The first kappa shape index (κ1) is 34.8. The summed E-state index contributed by atoms with van der Waals surface area (Å²) in [6, 6.07) is 19.1. The minimum atomic E-state index is -3.90. The van der Waals surface area contributed by atoms with Crippen LogP contribution in [0.1, 0.15) is 63.8 Å². The summed E-state index contributed by atoms with van der Waals surface area (Å²) in [6.07, 6.45) is 4.28. The van der Waals surface area contributed by atoms with E-state index in [-0.39, 0.29) is 22.3 Å². The molecule has 0 spiro atoms. The summed E-state index contributed by atoms with van der Waals surface area (Å²) in [5.41, 5.74) is 6.38. The molecule has 0 bridgehead atoms. The lowest BCUT2D eigenvalue weighted by Gasteiger charge is -2.45. The molecule has 10 heteroatoms. The molecule has 4 aromatic rings. The average molecular weight is 705 g/mol. The van der Waals surface area contributed by atoms with Gasteiger partial charge in [0, 0.05) is 30.7 Å². The van der Waals surface area contributed by atoms with Gasteiger partial charge in [-0.15, -0.1) is 0 Å². The molecule has 0 unspecified atom stereocenters. The standard InChI is InChI=1S/C38H48N2O5S2Si/c1-25(2)48(26(3)4,27(5)6)45-24-30-20-35-34-10-9-11-36-38(34)31(23-40(36)47(43,44)33-18-14-29(8)15-19-33)21-37(35)39(22-30)46(41,42)32-16-12-28(7)13-17-32/h9-20,23,25-27,30,37H,21-22,24H2,1-8H3/t30-,37+/m0/s1. The summed E-state index contributed by atoms with van der Waals surface area (Å²) < 4.78 is 67.1. The lowest BCUT2D eigenvalue weighted by molar-refractivity contribution is 0.208. The number of aromatic nitrogens is 1. The highest BCUT2D eigenvalue weighted by molar-refractivity contribution is 7.90.